The maximum absolute atomic E-state index is 12.2. The van der Waals surface area contributed by atoms with Gasteiger partial charge in [0.2, 0.25) is 0 Å². The molecule has 6 heteroatoms. The number of nitrogens with zero attached hydrogens (tertiary/aromatic N) is 3. The topological polar surface area (TPSA) is 75.4 Å². The van der Waals surface area contributed by atoms with Gasteiger partial charge < -0.3 is 14.6 Å². The van der Waals surface area contributed by atoms with Gasteiger partial charge in [0.05, 0.1) is 5.41 Å². The van der Waals surface area contributed by atoms with Crippen molar-refractivity contribution in [3.63, 3.8) is 0 Å². The summed E-state index contributed by atoms with van der Waals surface area (Å²) in [6.45, 7) is 5.56. The highest BCUT2D eigenvalue weighted by Crippen LogP contribution is 2.35. The van der Waals surface area contributed by atoms with Crippen LogP contribution in [0, 0.1) is 5.41 Å². The summed E-state index contributed by atoms with van der Waals surface area (Å²) in [7, 11) is 0. The van der Waals surface area contributed by atoms with E-state index in [9.17, 15) is 14.7 Å². The Kier molecular flexibility index (Phi) is 4.11. The Morgan fingerprint density at radius 2 is 2.05 bits per heavy atom. The molecule has 0 bridgehead atoms. The molecule has 0 amide bonds. The summed E-state index contributed by atoms with van der Waals surface area (Å²) in [4.78, 5) is 29.7. The van der Waals surface area contributed by atoms with Gasteiger partial charge in [0, 0.05) is 32.0 Å². The third-order valence-corrected chi connectivity index (χ3v) is 4.39. The second kappa shape index (κ2) is 5.64. The molecular weight excluding hydrogens is 258 g/mol. The molecular formula is C14H21N3O3. The van der Waals surface area contributed by atoms with Gasteiger partial charge >= 0.3 is 5.97 Å². The summed E-state index contributed by atoms with van der Waals surface area (Å²) in [5.74, 6) is -0.295. The fourth-order valence-corrected chi connectivity index (χ4v) is 2.77. The van der Waals surface area contributed by atoms with Crippen LogP contribution in [0.4, 0.5) is 5.82 Å². The third-order valence-electron chi connectivity index (χ3n) is 4.39. The third kappa shape index (κ3) is 2.42. The van der Waals surface area contributed by atoms with E-state index >= 15 is 0 Å². The van der Waals surface area contributed by atoms with E-state index in [0.717, 1.165) is 0 Å². The number of anilines is 1. The molecule has 0 atom stereocenters. The number of aliphatic carboxylic acids is 1. The molecule has 0 aliphatic carbocycles. The van der Waals surface area contributed by atoms with Crippen molar-refractivity contribution in [3.8, 4) is 0 Å². The number of rotatable bonds is 4. The Morgan fingerprint density at radius 3 is 2.55 bits per heavy atom. The number of hydrogen-bond donors (Lipinski definition) is 1. The minimum absolute atomic E-state index is 0.102. The van der Waals surface area contributed by atoms with Gasteiger partial charge in [0.15, 0.2) is 5.82 Å². The van der Waals surface area contributed by atoms with Crippen LogP contribution < -0.4 is 10.5 Å². The average Bonchev–Trinajstić information content (AvgIpc) is 2.47. The fraction of sp³-hybridized carbons (Fsp3) is 0.643. The van der Waals surface area contributed by atoms with Gasteiger partial charge in [-0.05, 0) is 26.2 Å². The Hall–Kier alpha value is -1.85. The van der Waals surface area contributed by atoms with E-state index in [1.807, 2.05) is 18.7 Å². The first-order valence-electron chi connectivity index (χ1n) is 7.08. The zero-order valence-corrected chi connectivity index (χ0v) is 12.0. The summed E-state index contributed by atoms with van der Waals surface area (Å²) in [5, 5.41) is 9.38. The standard InChI is InChI=1S/C14H21N3O3/c1-3-14(13(19)20)5-8-17(9-6-14)11-12(18)16(4-2)10-7-15-11/h7,10H,3-6,8-9H2,1-2H3,(H,19,20). The first-order valence-corrected chi connectivity index (χ1v) is 7.08. The zero-order chi connectivity index (χ0) is 14.8. The van der Waals surface area contributed by atoms with E-state index in [0.29, 0.717) is 44.7 Å². The molecule has 1 aromatic rings. The van der Waals surface area contributed by atoms with Crippen molar-refractivity contribution in [2.24, 2.45) is 5.41 Å². The highest BCUT2D eigenvalue weighted by atomic mass is 16.4. The first-order chi connectivity index (χ1) is 9.54. The van der Waals surface area contributed by atoms with Crippen molar-refractivity contribution in [2.45, 2.75) is 39.7 Å². The highest BCUT2D eigenvalue weighted by Gasteiger charge is 2.40. The molecule has 110 valence electrons. The lowest BCUT2D eigenvalue weighted by Crippen LogP contribution is -2.46. The van der Waals surface area contributed by atoms with Crippen molar-refractivity contribution < 1.29 is 9.90 Å². The average molecular weight is 279 g/mol. The van der Waals surface area contributed by atoms with Crippen LogP contribution in [0.5, 0.6) is 0 Å². The molecule has 1 aromatic heterocycles. The van der Waals surface area contributed by atoms with Crippen LogP contribution in [0.3, 0.4) is 0 Å². The van der Waals surface area contributed by atoms with Crippen LogP contribution in [0.15, 0.2) is 17.2 Å². The molecule has 0 aromatic carbocycles. The maximum atomic E-state index is 12.2. The van der Waals surface area contributed by atoms with Crippen LogP contribution in [0.2, 0.25) is 0 Å². The monoisotopic (exact) mass is 279 g/mol. The second-order valence-electron chi connectivity index (χ2n) is 5.27. The fourth-order valence-electron chi connectivity index (χ4n) is 2.77. The highest BCUT2D eigenvalue weighted by molar-refractivity contribution is 5.75. The van der Waals surface area contributed by atoms with Crippen molar-refractivity contribution >= 4 is 11.8 Å². The number of aromatic nitrogens is 2. The molecule has 2 rings (SSSR count). The smallest absolute Gasteiger partial charge is 0.309 e. The molecule has 0 spiro atoms. The number of carboxylic acids is 1. The summed E-state index contributed by atoms with van der Waals surface area (Å²) >= 11 is 0. The summed E-state index contributed by atoms with van der Waals surface area (Å²) in [6.07, 6.45) is 5.03. The van der Waals surface area contributed by atoms with Crippen molar-refractivity contribution in [1.82, 2.24) is 9.55 Å². The van der Waals surface area contributed by atoms with E-state index in [4.69, 9.17) is 0 Å². The number of carbonyl (C=O) groups is 1. The van der Waals surface area contributed by atoms with Crippen molar-refractivity contribution in [1.29, 1.82) is 0 Å². The molecule has 0 radical (unpaired) electrons. The molecule has 1 N–H and O–H groups in total. The number of carboxylic acid groups (broad SMARTS) is 1. The van der Waals surface area contributed by atoms with E-state index in [2.05, 4.69) is 4.98 Å². The van der Waals surface area contributed by atoms with Gasteiger partial charge in [-0.3, -0.25) is 9.59 Å². The van der Waals surface area contributed by atoms with Crippen LogP contribution >= 0.6 is 0 Å². The molecule has 1 aliphatic heterocycles. The van der Waals surface area contributed by atoms with Crippen LogP contribution in [-0.2, 0) is 11.3 Å². The number of aryl methyl sites for hydroxylation is 1. The van der Waals surface area contributed by atoms with Crippen molar-refractivity contribution in [3.05, 3.63) is 22.7 Å². The number of piperidine rings is 1. The molecule has 6 nitrogen and oxygen atoms in total. The minimum atomic E-state index is -0.730. The lowest BCUT2D eigenvalue weighted by atomic mass is 9.76. The SMILES string of the molecule is CCn1ccnc(N2CCC(CC)(C(=O)O)CC2)c1=O. The summed E-state index contributed by atoms with van der Waals surface area (Å²) < 4.78 is 1.61. The predicted molar refractivity (Wildman–Crippen MR) is 76.0 cm³/mol. The molecule has 20 heavy (non-hydrogen) atoms. The van der Waals surface area contributed by atoms with E-state index < -0.39 is 11.4 Å². The quantitative estimate of drug-likeness (QED) is 0.900. The Labute approximate surface area is 118 Å². The Morgan fingerprint density at radius 1 is 1.40 bits per heavy atom. The van der Waals surface area contributed by atoms with Gasteiger partial charge in [-0.2, -0.15) is 0 Å². The van der Waals surface area contributed by atoms with Gasteiger partial charge in [0.1, 0.15) is 0 Å². The van der Waals surface area contributed by atoms with Gasteiger partial charge in [-0.25, -0.2) is 4.98 Å². The van der Waals surface area contributed by atoms with Gasteiger partial charge in [0.25, 0.3) is 5.56 Å². The number of hydrogen-bond acceptors (Lipinski definition) is 4. The predicted octanol–water partition coefficient (Wildman–Crippen LogP) is 1.34. The second-order valence-corrected chi connectivity index (χ2v) is 5.27. The minimum Gasteiger partial charge on any atom is -0.481 e. The largest absolute Gasteiger partial charge is 0.481 e. The molecule has 2 heterocycles. The molecule has 0 unspecified atom stereocenters. The molecule has 1 fully saturated rings. The van der Waals surface area contributed by atoms with Gasteiger partial charge in [-0.1, -0.05) is 6.92 Å². The maximum Gasteiger partial charge on any atom is 0.309 e. The molecule has 0 saturated carbocycles. The van der Waals surface area contributed by atoms with Crippen LogP contribution in [0.1, 0.15) is 33.1 Å². The first kappa shape index (κ1) is 14.6. The van der Waals surface area contributed by atoms with E-state index in [-0.39, 0.29) is 5.56 Å². The van der Waals surface area contributed by atoms with E-state index in [1.165, 1.54) is 0 Å². The normalized spacial score (nSPS) is 18.0. The molecule has 1 saturated heterocycles. The zero-order valence-electron chi connectivity index (χ0n) is 12.0. The lowest BCUT2D eigenvalue weighted by molar-refractivity contribution is -0.150. The Bertz CT molecular complexity index is 545. The Balaban J connectivity index is 2.19. The van der Waals surface area contributed by atoms with Crippen molar-refractivity contribution in [2.75, 3.05) is 18.0 Å². The lowest BCUT2D eigenvalue weighted by Gasteiger charge is -2.38. The summed E-state index contributed by atoms with van der Waals surface area (Å²) in [5.41, 5.74) is -0.746. The van der Waals surface area contributed by atoms with Crippen LogP contribution in [-0.4, -0.2) is 33.7 Å². The van der Waals surface area contributed by atoms with E-state index in [1.54, 1.807) is 17.0 Å². The summed E-state index contributed by atoms with van der Waals surface area (Å²) in [6, 6.07) is 0. The molecule has 1 aliphatic rings. The van der Waals surface area contributed by atoms with Gasteiger partial charge in [-0.15, -0.1) is 0 Å². The van der Waals surface area contributed by atoms with Crippen LogP contribution in [0.25, 0.3) is 0 Å².